The van der Waals surface area contributed by atoms with Crippen molar-refractivity contribution in [3.8, 4) is 11.5 Å². The third-order valence-electron chi connectivity index (χ3n) is 3.59. The molecule has 27 heavy (non-hydrogen) atoms. The molecule has 1 heterocycles. The highest BCUT2D eigenvalue weighted by Gasteiger charge is 2.10. The molecule has 1 amide bonds. The zero-order chi connectivity index (χ0) is 19.4. The summed E-state index contributed by atoms with van der Waals surface area (Å²) >= 11 is 0. The van der Waals surface area contributed by atoms with Crippen molar-refractivity contribution < 1.29 is 27.5 Å². The van der Waals surface area contributed by atoms with Crippen molar-refractivity contribution >= 4 is 28.8 Å². The van der Waals surface area contributed by atoms with Crippen molar-refractivity contribution in [2.24, 2.45) is 0 Å². The number of hydrogen-bond donors (Lipinski definition) is 1. The number of methoxy groups -OCH3 is 1. The lowest BCUT2D eigenvalue weighted by Crippen LogP contribution is -2.07. The molecule has 140 valence electrons. The molecule has 0 saturated carbocycles. The molecule has 0 aliphatic carbocycles. The Labute approximate surface area is 153 Å². The Morgan fingerprint density at radius 3 is 2.78 bits per heavy atom. The molecule has 2 aromatic carbocycles. The van der Waals surface area contributed by atoms with Crippen LogP contribution in [0.2, 0.25) is 0 Å². The second-order valence-electron chi connectivity index (χ2n) is 5.53. The summed E-state index contributed by atoms with van der Waals surface area (Å²) < 4.78 is 39.4. The molecule has 8 heteroatoms. The number of carbonyl (C=O) groups excluding carboxylic acids is 1. The normalized spacial score (nSPS) is 11.3. The summed E-state index contributed by atoms with van der Waals surface area (Å²) in [7, 11) is 1.34. The van der Waals surface area contributed by atoms with Crippen LogP contribution in [0.25, 0.3) is 17.2 Å². The van der Waals surface area contributed by atoms with Crippen molar-refractivity contribution in [2.45, 2.75) is 13.5 Å². The van der Waals surface area contributed by atoms with Crippen LogP contribution in [-0.2, 0) is 4.79 Å². The van der Waals surface area contributed by atoms with Crippen LogP contribution in [0.15, 0.2) is 46.9 Å². The van der Waals surface area contributed by atoms with Gasteiger partial charge in [-0.1, -0.05) is 6.07 Å². The molecule has 3 aromatic rings. The van der Waals surface area contributed by atoms with Crippen LogP contribution in [0.1, 0.15) is 11.5 Å². The predicted octanol–water partition coefficient (Wildman–Crippen LogP) is 4.40. The number of alkyl halides is 2. The van der Waals surface area contributed by atoms with Gasteiger partial charge in [0.25, 0.3) is 0 Å². The van der Waals surface area contributed by atoms with Gasteiger partial charge in [0, 0.05) is 18.7 Å². The lowest BCUT2D eigenvalue weighted by atomic mass is 10.2. The standard InChI is InChI=1S/C19H16F2N2O4/c1-11-22-14-10-13(5-7-15(14)26-11)23-18(24)8-4-12-3-6-16(27-19(20)21)17(9-12)25-2/h3-10,19H,1-2H3,(H,23,24)/b8-4-. The van der Waals surface area contributed by atoms with Gasteiger partial charge in [-0.25, -0.2) is 4.98 Å². The zero-order valence-corrected chi connectivity index (χ0v) is 14.5. The molecule has 0 bridgehead atoms. The number of nitrogens with zero attached hydrogens (tertiary/aromatic N) is 1. The molecule has 1 aromatic heterocycles. The topological polar surface area (TPSA) is 73.6 Å². The molecular weight excluding hydrogens is 358 g/mol. The number of benzene rings is 2. The molecule has 1 N–H and O–H groups in total. The molecule has 0 atom stereocenters. The van der Waals surface area contributed by atoms with E-state index in [1.807, 2.05) is 0 Å². The monoisotopic (exact) mass is 374 g/mol. The van der Waals surface area contributed by atoms with E-state index in [4.69, 9.17) is 9.15 Å². The number of aryl methyl sites for hydroxylation is 1. The first-order valence-electron chi connectivity index (χ1n) is 7.93. The molecule has 0 fully saturated rings. The van der Waals surface area contributed by atoms with E-state index in [9.17, 15) is 13.6 Å². The molecule has 6 nitrogen and oxygen atoms in total. The van der Waals surface area contributed by atoms with E-state index in [0.717, 1.165) is 0 Å². The second kappa shape index (κ2) is 7.86. The first-order chi connectivity index (χ1) is 12.9. The number of oxazole rings is 1. The first-order valence-corrected chi connectivity index (χ1v) is 7.93. The molecule has 0 saturated heterocycles. The maximum Gasteiger partial charge on any atom is 0.387 e. The van der Waals surface area contributed by atoms with Crippen LogP contribution >= 0.6 is 0 Å². The maximum absolute atomic E-state index is 12.3. The summed E-state index contributed by atoms with van der Waals surface area (Å²) in [5.41, 5.74) is 2.45. The quantitative estimate of drug-likeness (QED) is 0.648. The second-order valence-corrected chi connectivity index (χ2v) is 5.53. The molecular formula is C19H16F2N2O4. The molecule has 0 radical (unpaired) electrons. The minimum atomic E-state index is -2.95. The summed E-state index contributed by atoms with van der Waals surface area (Å²) in [5, 5.41) is 2.72. The minimum Gasteiger partial charge on any atom is -0.493 e. The third kappa shape index (κ3) is 4.60. The van der Waals surface area contributed by atoms with Crippen molar-refractivity contribution in [1.82, 2.24) is 4.98 Å². The van der Waals surface area contributed by atoms with Crippen LogP contribution in [0.3, 0.4) is 0 Å². The lowest BCUT2D eigenvalue weighted by Gasteiger charge is -2.10. The molecule has 0 spiro atoms. The van der Waals surface area contributed by atoms with Gasteiger partial charge < -0.3 is 19.2 Å². The van der Waals surface area contributed by atoms with Gasteiger partial charge >= 0.3 is 6.61 Å². The highest BCUT2D eigenvalue weighted by molar-refractivity contribution is 6.02. The van der Waals surface area contributed by atoms with Gasteiger partial charge in [-0.2, -0.15) is 8.78 Å². The third-order valence-corrected chi connectivity index (χ3v) is 3.59. The fourth-order valence-electron chi connectivity index (χ4n) is 2.46. The van der Waals surface area contributed by atoms with Crippen LogP contribution in [0.4, 0.5) is 14.5 Å². The first kappa shape index (κ1) is 18.4. The van der Waals surface area contributed by atoms with E-state index >= 15 is 0 Å². The van der Waals surface area contributed by atoms with Gasteiger partial charge in [0.05, 0.1) is 7.11 Å². The van der Waals surface area contributed by atoms with Crippen molar-refractivity contribution in [3.63, 3.8) is 0 Å². The van der Waals surface area contributed by atoms with Gasteiger partial charge in [-0.3, -0.25) is 4.79 Å². The number of hydrogen-bond acceptors (Lipinski definition) is 5. The smallest absolute Gasteiger partial charge is 0.387 e. The Morgan fingerprint density at radius 2 is 2.04 bits per heavy atom. The predicted molar refractivity (Wildman–Crippen MR) is 96.0 cm³/mol. The summed E-state index contributed by atoms with van der Waals surface area (Å²) in [6, 6.07) is 9.51. The highest BCUT2D eigenvalue weighted by Crippen LogP contribution is 2.29. The fraction of sp³-hybridized carbons (Fsp3) is 0.158. The largest absolute Gasteiger partial charge is 0.493 e. The zero-order valence-electron chi connectivity index (χ0n) is 14.5. The van der Waals surface area contributed by atoms with E-state index in [2.05, 4.69) is 15.0 Å². The Balaban J connectivity index is 1.69. The number of anilines is 1. The van der Waals surface area contributed by atoms with Crippen LogP contribution in [0, 0.1) is 6.92 Å². The SMILES string of the molecule is COc1cc(/C=C\C(=O)Nc2ccc3oc(C)nc3c2)ccc1OC(F)F. The molecule has 3 rings (SSSR count). The molecule has 0 aliphatic heterocycles. The Bertz CT molecular complexity index is 999. The summed E-state index contributed by atoms with van der Waals surface area (Å²) in [5.74, 6) is 0.248. The Kier molecular flexibility index (Phi) is 5.35. The van der Waals surface area contributed by atoms with Crippen LogP contribution in [-0.4, -0.2) is 24.6 Å². The van der Waals surface area contributed by atoms with Gasteiger partial charge in [-0.05, 0) is 42.0 Å². The van der Waals surface area contributed by atoms with E-state index < -0.39 is 6.61 Å². The summed E-state index contributed by atoms with van der Waals surface area (Å²) in [6.07, 6.45) is 2.85. The molecule has 0 unspecified atom stereocenters. The number of amides is 1. The van der Waals surface area contributed by atoms with Gasteiger partial charge in [-0.15, -0.1) is 0 Å². The number of fused-ring (bicyclic) bond motifs is 1. The van der Waals surface area contributed by atoms with E-state index in [-0.39, 0.29) is 17.4 Å². The van der Waals surface area contributed by atoms with E-state index in [1.165, 1.54) is 37.5 Å². The fourth-order valence-corrected chi connectivity index (χ4v) is 2.46. The average Bonchev–Trinajstić information content (AvgIpc) is 2.99. The maximum atomic E-state index is 12.3. The lowest BCUT2D eigenvalue weighted by molar-refractivity contribution is -0.111. The van der Waals surface area contributed by atoms with Gasteiger partial charge in [0.1, 0.15) is 5.52 Å². The molecule has 0 aliphatic rings. The Morgan fingerprint density at radius 1 is 1.22 bits per heavy atom. The van der Waals surface area contributed by atoms with Crippen LogP contribution < -0.4 is 14.8 Å². The van der Waals surface area contributed by atoms with Crippen LogP contribution in [0.5, 0.6) is 11.5 Å². The number of rotatable bonds is 6. The number of ether oxygens (including phenoxy) is 2. The average molecular weight is 374 g/mol. The summed E-state index contributed by atoms with van der Waals surface area (Å²) in [4.78, 5) is 16.3. The Hall–Kier alpha value is -3.42. The minimum absolute atomic E-state index is 0.0784. The summed E-state index contributed by atoms with van der Waals surface area (Å²) in [6.45, 7) is -1.20. The van der Waals surface area contributed by atoms with Gasteiger partial charge in [0.2, 0.25) is 5.91 Å². The number of aromatic nitrogens is 1. The van der Waals surface area contributed by atoms with Crippen molar-refractivity contribution in [2.75, 3.05) is 12.4 Å². The van der Waals surface area contributed by atoms with Crippen molar-refractivity contribution in [3.05, 3.63) is 53.9 Å². The van der Waals surface area contributed by atoms with Crippen molar-refractivity contribution in [1.29, 1.82) is 0 Å². The highest BCUT2D eigenvalue weighted by atomic mass is 19.3. The van der Waals surface area contributed by atoms with E-state index in [1.54, 1.807) is 25.1 Å². The number of halogens is 2. The van der Waals surface area contributed by atoms with E-state index in [0.29, 0.717) is 28.2 Å². The number of nitrogens with one attached hydrogen (secondary N) is 1. The van der Waals surface area contributed by atoms with Gasteiger partial charge in [0.15, 0.2) is 23.0 Å². The number of carbonyl (C=O) groups is 1.